The predicted octanol–water partition coefficient (Wildman–Crippen LogP) is 2.45. The zero-order chi connectivity index (χ0) is 18.6. The van der Waals surface area contributed by atoms with E-state index in [4.69, 9.17) is 4.74 Å². The van der Waals surface area contributed by atoms with Crippen LogP contribution in [0.3, 0.4) is 0 Å². The third kappa shape index (κ3) is 4.03. The molecule has 140 valence electrons. The van der Waals surface area contributed by atoms with Crippen LogP contribution in [0.1, 0.15) is 38.3 Å². The normalized spacial score (nSPS) is 19.3. The maximum absolute atomic E-state index is 12.6. The number of carbonyl (C=O) groups is 2. The minimum Gasteiger partial charge on any atom is -0.378 e. The van der Waals surface area contributed by atoms with Crippen molar-refractivity contribution >= 4 is 11.8 Å². The Hall–Kier alpha value is -2.66. The van der Waals surface area contributed by atoms with E-state index in [1.54, 1.807) is 29.2 Å². The molecule has 5 heteroatoms. The first kappa shape index (κ1) is 17.7. The Morgan fingerprint density at radius 2 is 1.59 bits per heavy atom. The number of morpholine rings is 1. The molecule has 2 aromatic carbocycles. The lowest BCUT2D eigenvalue weighted by atomic mass is 9.88. The van der Waals surface area contributed by atoms with E-state index in [0.29, 0.717) is 37.4 Å². The number of ether oxygens (including phenoxy) is 1. The summed E-state index contributed by atoms with van der Waals surface area (Å²) >= 11 is 0. The second-order valence-corrected chi connectivity index (χ2v) is 7.16. The molecule has 1 unspecified atom stereocenters. The van der Waals surface area contributed by atoms with Gasteiger partial charge in [0.25, 0.3) is 11.8 Å². The number of nitrogens with one attached hydrogen (secondary N) is 1. The van der Waals surface area contributed by atoms with Crippen LogP contribution < -0.4 is 5.32 Å². The van der Waals surface area contributed by atoms with Gasteiger partial charge in [-0.2, -0.15) is 0 Å². The van der Waals surface area contributed by atoms with Crippen LogP contribution in [0.5, 0.6) is 0 Å². The van der Waals surface area contributed by atoms with Crippen molar-refractivity contribution in [1.82, 2.24) is 10.2 Å². The van der Waals surface area contributed by atoms with Crippen LogP contribution in [-0.4, -0.2) is 49.1 Å². The van der Waals surface area contributed by atoms with Crippen LogP contribution in [0.2, 0.25) is 0 Å². The van der Waals surface area contributed by atoms with Gasteiger partial charge in [0.05, 0.1) is 13.2 Å². The number of hydrogen-bond acceptors (Lipinski definition) is 3. The number of carbonyl (C=O) groups excluding carboxylic acids is 2. The minimum atomic E-state index is -0.0789. The Morgan fingerprint density at radius 3 is 2.33 bits per heavy atom. The van der Waals surface area contributed by atoms with E-state index in [0.717, 1.165) is 19.3 Å². The third-order valence-corrected chi connectivity index (χ3v) is 5.37. The lowest BCUT2D eigenvalue weighted by molar-refractivity contribution is 0.0303. The number of nitrogens with zero attached hydrogens (tertiary/aromatic N) is 1. The fraction of sp³-hybridized carbons (Fsp3) is 0.364. The Labute approximate surface area is 159 Å². The molecule has 1 fully saturated rings. The lowest BCUT2D eigenvalue weighted by Gasteiger charge is -2.27. The topological polar surface area (TPSA) is 58.6 Å². The first-order valence-electron chi connectivity index (χ1n) is 9.55. The number of benzene rings is 2. The third-order valence-electron chi connectivity index (χ3n) is 5.37. The van der Waals surface area contributed by atoms with Gasteiger partial charge >= 0.3 is 0 Å². The van der Waals surface area contributed by atoms with Gasteiger partial charge in [-0.1, -0.05) is 24.3 Å². The van der Waals surface area contributed by atoms with E-state index in [2.05, 4.69) is 23.5 Å². The van der Waals surface area contributed by atoms with Gasteiger partial charge in [-0.3, -0.25) is 9.59 Å². The number of aryl methyl sites for hydroxylation is 1. The quantitative estimate of drug-likeness (QED) is 0.910. The molecule has 27 heavy (non-hydrogen) atoms. The van der Waals surface area contributed by atoms with E-state index in [1.165, 1.54) is 11.1 Å². The fourth-order valence-electron chi connectivity index (χ4n) is 3.80. The van der Waals surface area contributed by atoms with Crippen molar-refractivity contribution in [3.05, 3.63) is 70.8 Å². The summed E-state index contributed by atoms with van der Waals surface area (Å²) in [6, 6.07) is 15.5. The van der Waals surface area contributed by atoms with Crippen LogP contribution in [0.15, 0.2) is 48.5 Å². The maximum atomic E-state index is 12.6. The molecule has 0 bridgehead atoms. The van der Waals surface area contributed by atoms with Gasteiger partial charge in [-0.15, -0.1) is 0 Å². The summed E-state index contributed by atoms with van der Waals surface area (Å²) in [6.07, 6.45) is 2.82. The molecule has 0 radical (unpaired) electrons. The summed E-state index contributed by atoms with van der Waals surface area (Å²) in [5, 5.41) is 3.14. The summed E-state index contributed by atoms with van der Waals surface area (Å²) in [5.74, 6) is -0.0844. The molecule has 1 heterocycles. The molecule has 1 aliphatic carbocycles. The Balaban J connectivity index is 1.37. The van der Waals surface area contributed by atoms with Crippen molar-refractivity contribution in [2.45, 2.75) is 25.3 Å². The Kier molecular flexibility index (Phi) is 5.21. The van der Waals surface area contributed by atoms with Crippen LogP contribution in [0.4, 0.5) is 0 Å². The van der Waals surface area contributed by atoms with E-state index < -0.39 is 0 Å². The monoisotopic (exact) mass is 364 g/mol. The molecule has 5 nitrogen and oxygen atoms in total. The van der Waals surface area contributed by atoms with Gasteiger partial charge in [0.2, 0.25) is 0 Å². The zero-order valence-corrected chi connectivity index (χ0v) is 15.3. The molecule has 0 aromatic heterocycles. The van der Waals surface area contributed by atoms with Gasteiger partial charge in [-0.25, -0.2) is 0 Å². The SMILES string of the molecule is O=C(NC1CCc2ccccc2C1)c1ccc(C(=O)N2CCOCC2)cc1. The van der Waals surface area contributed by atoms with Crippen molar-refractivity contribution < 1.29 is 14.3 Å². The highest BCUT2D eigenvalue weighted by molar-refractivity contribution is 5.98. The average molecular weight is 364 g/mol. The molecule has 0 saturated carbocycles. The molecular formula is C22H24N2O3. The molecule has 2 aliphatic rings. The standard InChI is InChI=1S/C22H24N2O3/c25-21(23-20-10-9-16-3-1-2-4-19(16)15-20)17-5-7-18(8-6-17)22(26)24-11-13-27-14-12-24/h1-8,20H,9-15H2,(H,23,25). The van der Waals surface area contributed by atoms with Crippen molar-refractivity contribution in [2.24, 2.45) is 0 Å². The summed E-state index contributed by atoms with van der Waals surface area (Å²) in [7, 11) is 0. The van der Waals surface area contributed by atoms with E-state index in [9.17, 15) is 9.59 Å². The Bertz CT molecular complexity index is 826. The van der Waals surface area contributed by atoms with E-state index in [-0.39, 0.29) is 17.9 Å². The molecule has 1 N–H and O–H groups in total. The number of fused-ring (bicyclic) bond motifs is 1. The highest BCUT2D eigenvalue weighted by Crippen LogP contribution is 2.21. The molecule has 2 amide bonds. The summed E-state index contributed by atoms with van der Waals surface area (Å²) in [5.41, 5.74) is 3.90. The second-order valence-electron chi connectivity index (χ2n) is 7.16. The maximum Gasteiger partial charge on any atom is 0.254 e. The minimum absolute atomic E-state index is 0.00542. The summed E-state index contributed by atoms with van der Waals surface area (Å²) in [6.45, 7) is 2.39. The first-order chi connectivity index (χ1) is 13.2. The molecular weight excluding hydrogens is 340 g/mol. The number of amides is 2. The van der Waals surface area contributed by atoms with Gasteiger partial charge in [0.15, 0.2) is 0 Å². The van der Waals surface area contributed by atoms with Gasteiger partial charge < -0.3 is 15.0 Å². The lowest BCUT2D eigenvalue weighted by Crippen LogP contribution is -2.40. The van der Waals surface area contributed by atoms with Crippen LogP contribution in [0, 0.1) is 0 Å². The van der Waals surface area contributed by atoms with Crippen LogP contribution in [0.25, 0.3) is 0 Å². The predicted molar refractivity (Wildman–Crippen MR) is 103 cm³/mol. The van der Waals surface area contributed by atoms with Gasteiger partial charge in [0.1, 0.15) is 0 Å². The number of rotatable bonds is 3. The smallest absolute Gasteiger partial charge is 0.254 e. The fourth-order valence-corrected chi connectivity index (χ4v) is 3.80. The second kappa shape index (κ2) is 7.92. The molecule has 2 aromatic rings. The van der Waals surface area contributed by atoms with E-state index >= 15 is 0 Å². The first-order valence-corrected chi connectivity index (χ1v) is 9.55. The summed E-state index contributed by atoms with van der Waals surface area (Å²) in [4.78, 5) is 26.9. The molecule has 1 saturated heterocycles. The molecule has 0 spiro atoms. The van der Waals surface area contributed by atoms with Crippen LogP contribution in [-0.2, 0) is 17.6 Å². The highest BCUT2D eigenvalue weighted by Gasteiger charge is 2.21. The molecule has 1 aliphatic heterocycles. The molecule has 4 rings (SSSR count). The van der Waals surface area contributed by atoms with Gasteiger partial charge in [0, 0.05) is 30.3 Å². The summed E-state index contributed by atoms with van der Waals surface area (Å²) < 4.78 is 5.28. The van der Waals surface area contributed by atoms with Gasteiger partial charge in [-0.05, 0) is 54.7 Å². The highest BCUT2D eigenvalue weighted by atomic mass is 16.5. The van der Waals surface area contributed by atoms with Crippen molar-refractivity contribution in [3.8, 4) is 0 Å². The van der Waals surface area contributed by atoms with Crippen LogP contribution >= 0.6 is 0 Å². The van der Waals surface area contributed by atoms with E-state index in [1.807, 2.05) is 6.07 Å². The van der Waals surface area contributed by atoms with Crippen molar-refractivity contribution in [1.29, 1.82) is 0 Å². The zero-order valence-electron chi connectivity index (χ0n) is 15.3. The van der Waals surface area contributed by atoms with Crippen molar-refractivity contribution in [2.75, 3.05) is 26.3 Å². The number of hydrogen-bond donors (Lipinski definition) is 1. The molecule has 1 atom stereocenters. The van der Waals surface area contributed by atoms with Crippen molar-refractivity contribution in [3.63, 3.8) is 0 Å². The largest absolute Gasteiger partial charge is 0.378 e. The Morgan fingerprint density at radius 1 is 0.926 bits per heavy atom. The average Bonchev–Trinajstić information content (AvgIpc) is 2.74.